The van der Waals surface area contributed by atoms with Gasteiger partial charge in [0.25, 0.3) is 0 Å². The second-order valence-electron chi connectivity index (χ2n) is 6.20. The van der Waals surface area contributed by atoms with E-state index in [-0.39, 0.29) is 18.5 Å². The molecule has 6 nitrogen and oxygen atoms in total. The van der Waals surface area contributed by atoms with Gasteiger partial charge in [-0.15, -0.1) is 0 Å². The van der Waals surface area contributed by atoms with Gasteiger partial charge in [0.1, 0.15) is 6.54 Å². The lowest BCUT2D eigenvalue weighted by atomic mass is 10.2. The Morgan fingerprint density at radius 1 is 1.22 bits per heavy atom. The maximum Gasteiger partial charge on any atom is 0.325 e. The van der Waals surface area contributed by atoms with Gasteiger partial charge in [-0.1, -0.05) is 17.7 Å². The lowest BCUT2D eigenvalue weighted by Crippen LogP contribution is -2.40. The fraction of sp³-hybridized carbons (Fsp3) is 0.529. The molecular weight excluding hydrogens is 292 g/mol. The summed E-state index contributed by atoms with van der Waals surface area (Å²) in [6.45, 7) is 4.92. The molecule has 0 spiro atoms. The Morgan fingerprint density at radius 2 is 1.91 bits per heavy atom. The van der Waals surface area contributed by atoms with Gasteiger partial charge >= 0.3 is 6.03 Å². The van der Waals surface area contributed by atoms with Gasteiger partial charge in [0, 0.05) is 25.3 Å². The van der Waals surface area contributed by atoms with Gasteiger partial charge in [0.15, 0.2) is 0 Å². The van der Waals surface area contributed by atoms with Crippen LogP contribution in [-0.4, -0.2) is 68.6 Å². The Labute approximate surface area is 138 Å². The number of benzene rings is 1. The molecule has 6 heteroatoms. The topological polar surface area (TPSA) is 55.9 Å². The molecule has 0 aliphatic carbocycles. The summed E-state index contributed by atoms with van der Waals surface area (Å²) >= 11 is 0. The van der Waals surface area contributed by atoms with E-state index in [1.54, 1.807) is 9.80 Å². The summed E-state index contributed by atoms with van der Waals surface area (Å²) in [7, 11) is 4.01. The number of rotatable bonds is 7. The summed E-state index contributed by atoms with van der Waals surface area (Å²) < 4.78 is 0. The molecule has 0 unspecified atom stereocenters. The van der Waals surface area contributed by atoms with Crippen LogP contribution in [0.25, 0.3) is 0 Å². The third kappa shape index (κ3) is 4.96. The van der Waals surface area contributed by atoms with Crippen molar-refractivity contribution in [3.05, 3.63) is 29.8 Å². The first-order valence-corrected chi connectivity index (χ1v) is 8.02. The Bertz CT molecular complexity index is 542. The van der Waals surface area contributed by atoms with Crippen LogP contribution in [0.4, 0.5) is 10.5 Å². The summed E-state index contributed by atoms with van der Waals surface area (Å²) in [6, 6.07) is 7.76. The van der Waals surface area contributed by atoms with Gasteiger partial charge in [0.05, 0.1) is 0 Å². The maximum absolute atomic E-state index is 12.4. The molecule has 0 bridgehead atoms. The van der Waals surface area contributed by atoms with Crippen LogP contribution in [0.5, 0.6) is 0 Å². The average molecular weight is 318 g/mol. The lowest BCUT2D eigenvalue weighted by Gasteiger charge is -2.18. The number of carbonyl (C=O) groups is 2. The van der Waals surface area contributed by atoms with E-state index in [9.17, 15) is 9.59 Å². The molecule has 1 aromatic carbocycles. The molecule has 3 amide bonds. The molecule has 1 aliphatic rings. The highest BCUT2D eigenvalue weighted by Gasteiger charge is 2.30. The first-order valence-electron chi connectivity index (χ1n) is 8.02. The van der Waals surface area contributed by atoms with Crippen molar-refractivity contribution in [1.82, 2.24) is 15.1 Å². The number of hydrogen-bond acceptors (Lipinski definition) is 3. The molecule has 1 heterocycles. The highest BCUT2D eigenvalue weighted by atomic mass is 16.2. The number of aryl methyl sites for hydroxylation is 1. The van der Waals surface area contributed by atoms with Gasteiger partial charge in [-0.05, 0) is 46.1 Å². The number of nitrogens with zero attached hydrogens (tertiary/aromatic N) is 3. The van der Waals surface area contributed by atoms with Crippen LogP contribution in [0.3, 0.4) is 0 Å². The maximum atomic E-state index is 12.4. The fourth-order valence-corrected chi connectivity index (χ4v) is 2.55. The van der Waals surface area contributed by atoms with E-state index in [1.807, 2.05) is 45.3 Å². The predicted molar refractivity (Wildman–Crippen MR) is 91.7 cm³/mol. The van der Waals surface area contributed by atoms with E-state index in [4.69, 9.17) is 0 Å². The highest BCUT2D eigenvalue weighted by molar-refractivity contribution is 5.96. The normalized spacial score (nSPS) is 14.7. The minimum absolute atomic E-state index is 0.0946. The van der Waals surface area contributed by atoms with Gasteiger partial charge in [-0.2, -0.15) is 0 Å². The first-order chi connectivity index (χ1) is 11.0. The number of carbonyl (C=O) groups excluding carboxylic acids is 2. The van der Waals surface area contributed by atoms with Crippen molar-refractivity contribution in [2.24, 2.45) is 0 Å². The molecule has 23 heavy (non-hydrogen) atoms. The van der Waals surface area contributed by atoms with Crippen molar-refractivity contribution >= 4 is 17.6 Å². The number of anilines is 1. The summed E-state index contributed by atoms with van der Waals surface area (Å²) in [6.07, 6.45) is 0.905. The van der Waals surface area contributed by atoms with E-state index >= 15 is 0 Å². The highest BCUT2D eigenvalue weighted by Crippen LogP contribution is 2.20. The SMILES string of the molecule is Cc1ccc(N2CCN(CC(=O)NCCCN(C)C)C2=O)cc1. The van der Waals surface area contributed by atoms with Crippen molar-refractivity contribution < 1.29 is 9.59 Å². The predicted octanol–water partition coefficient (Wildman–Crippen LogP) is 1.30. The van der Waals surface area contributed by atoms with E-state index in [0.29, 0.717) is 19.6 Å². The third-order valence-corrected chi connectivity index (χ3v) is 3.88. The quantitative estimate of drug-likeness (QED) is 0.771. The van der Waals surface area contributed by atoms with Crippen LogP contribution in [0.15, 0.2) is 24.3 Å². The number of hydrogen-bond donors (Lipinski definition) is 1. The molecule has 2 rings (SSSR count). The first kappa shape index (κ1) is 17.3. The molecule has 1 aromatic rings. The molecule has 1 aliphatic heterocycles. The van der Waals surface area contributed by atoms with Gasteiger partial charge < -0.3 is 15.1 Å². The standard InChI is InChI=1S/C17H26N4O2/c1-14-5-7-15(8-6-14)21-12-11-20(17(21)23)13-16(22)18-9-4-10-19(2)3/h5-8H,4,9-13H2,1-3H3,(H,18,22). The molecule has 1 fully saturated rings. The second kappa shape index (κ2) is 7.97. The van der Waals surface area contributed by atoms with Crippen LogP contribution in [0.2, 0.25) is 0 Å². The second-order valence-corrected chi connectivity index (χ2v) is 6.20. The van der Waals surface area contributed by atoms with Crippen LogP contribution in [0.1, 0.15) is 12.0 Å². The van der Waals surface area contributed by atoms with E-state index in [0.717, 1.165) is 24.2 Å². The number of nitrogens with one attached hydrogen (secondary N) is 1. The monoisotopic (exact) mass is 318 g/mol. The molecule has 1 N–H and O–H groups in total. The van der Waals surface area contributed by atoms with Gasteiger partial charge in [-0.25, -0.2) is 4.79 Å². The van der Waals surface area contributed by atoms with Crippen molar-refractivity contribution in [1.29, 1.82) is 0 Å². The van der Waals surface area contributed by atoms with Crippen LogP contribution in [0, 0.1) is 6.92 Å². The van der Waals surface area contributed by atoms with Crippen molar-refractivity contribution in [2.45, 2.75) is 13.3 Å². The zero-order valence-corrected chi connectivity index (χ0v) is 14.2. The molecule has 1 saturated heterocycles. The lowest BCUT2D eigenvalue weighted by molar-refractivity contribution is -0.121. The molecule has 0 radical (unpaired) electrons. The minimum atomic E-state index is -0.0997. The fourth-order valence-electron chi connectivity index (χ4n) is 2.55. The molecule has 0 aromatic heterocycles. The Morgan fingerprint density at radius 3 is 2.57 bits per heavy atom. The third-order valence-electron chi connectivity index (χ3n) is 3.88. The zero-order chi connectivity index (χ0) is 16.8. The summed E-state index contributed by atoms with van der Waals surface area (Å²) in [5.41, 5.74) is 2.05. The summed E-state index contributed by atoms with van der Waals surface area (Å²) in [5, 5.41) is 2.87. The zero-order valence-electron chi connectivity index (χ0n) is 14.2. The van der Waals surface area contributed by atoms with Crippen molar-refractivity contribution in [3.8, 4) is 0 Å². The number of urea groups is 1. The van der Waals surface area contributed by atoms with Gasteiger partial charge in [-0.3, -0.25) is 9.69 Å². The molecular formula is C17H26N4O2. The van der Waals surface area contributed by atoms with Crippen LogP contribution < -0.4 is 10.2 Å². The minimum Gasteiger partial charge on any atom is -0.355 e. The Balaban J connectivity index is 1.80. The van der Waals surface area contributed by atoms with Crippen molar-refractivity contribution in [2.75, 3.05) is 51.7 Å². The Kier molecular flexibility index (Phi) is 5.98. The van der Waals surface area contributed by atoms with E-state index in [2.05, 4.69) is 10.2 Å². The Hall–Kier alpha value is -2.08. The number of amides is 3. The molecule has 0 saturated carbocycles. The molecule has 126 valence electrons. The summed E-state index contributed by atoms with van der Waals surface area (Å²) in [5.74, 6) is -0.0946. The smallest absolute Gasteiger partial charge is 0.325 e. The van der Waals surface area contributed by atoms with Gasteiger partial charge in [0.2, 0.25) is 5.91 Å². The van der Waals surface area contributed by atoms with Crippen LogP contribution in [-0.2, 0) is 4.79 Å². The van der Waals surface area contributed by atoms with Crippen molar-refractivity contribution in [3.63, 3.8) is 0 Å². The van der Waals surface area contributed by atoms with E-state index in [1.165, 1.54) is 0 Å². The largest absolute Gasteiger partial charge is 0.355 e. The summed E-state index contributed by atoms with van der Waals surface area (Å²) in [4.78, 5) is 29.7. The van der Waals surface area contributed by atoms with Crippen LogP contribution >= 0.6 is 0 Å². The molecule has 0 atom stereocenters. The van der Waals surface area contributed by atoms with E-state index < -0.39 is 0 Å². The average Bonchev–Trinajstić information content (AvgIpc) is 2.86.